The number of aromatic nitrogens is 2. The van der Waals surface area contributed by atoms with Gasteiger partial charge in [0.2, 0.25) is 0 Å². The summed E-state index contributed by atoms with van der Waals surface area (Å²) in [6.07, 6.45) is 7.63. The van der Waals surface area contributed by atoms with Crippen LogP contribution in [0.5, 0.6) is 0 Å². The molecule has 23 heavy (non-hydrogen) atoms. The van der Waals surface area contributed by atoms with E-state index in [1.54, 1.807) is 24.6 Å². The van der Waals surface area contributed by atoms with Crippen LogP contribution in [0.3, 0.4) is 0 Å². The summed E-state index contributed by atoms with van der Waals surface area (Å²) >= 11 is 0. The number of allylic oxidation sites excluding steroid dienone is 2. The number of nitrogens with zero attached hydrogens (tertiary/aromatic N) is 4. The van der Waals surface area contributed by atoms with Crippen molar-refractivity contribution in [2.45, 2.75) is 12.8 Å². The second-order valence-electron chi connectivity index (χ2n) is 5.32. The third-order valence-corrected chi connectivity index (χ3v) is 3.76. The minimum atomic E-state index is -0.177. The molecule has 7 heteroatoms. The lowest BCUT2D eigenvalue weighted by atomic mass is 10.1. The molecule has 0 fully saturated rings. The summed E-state index contributed by atoms with van der Waals surface area (Å²) in [6.45, 7) is 0. The molecule has 2 aliphatic heterocycles. The number of fused-ring (bicyclic) bond motifs is 1. The van der Waals surface area contributed by atoms with E-state index in [0.717, 1.165) is 38.1 Å². The van der Waals surface area contributed by atoms with Gasteiger partial charge in [-0.05, 0) is 24.3 Å². The number of H-pyrrole nitrogens is 1. The first kappa shape index (κ1) is 13.6. The molecule has 0 saturated carbocycles. The van der Waals surface area contributed by atoms with E-state index in [1.807, 2.05) is 18.2 Å². The van der Waals surface area contributed by atoms with E-state index in [0.29, 0.717) is 12.8 Å². The number of azo groups is 1. The number of aromatic amines is 1. The second-order valence-corrected chi connectivity index (χ2v) is 5.32. The molecule has 3 heterocycles. The van der Waals surface area contributed by atoms with Crippen LogP contribution in [-0.4, -0.2) is 26.1 Å². The highest BCUT2D eigenvalue weighted by Crippen LogP contribution is 2.15. The van der Waals surface area contributed by atoms with Crippen molar-refractivity contribution in [1.29, 1.82) is 0 Å². The van der Waals surface area contributed by atoms with Gasteiger partial charge in [0.15, 0.2) is 0 Å². The van der Waals surface area contributed by atoms with Crippen molar-refractivity contribution in [3.8, 4) is 0 Å². The zero-order chi connectivity index (χ0) is 15.8. The van der Waals surface area contributed by atoms with E-state index in [1.165, 1.54) is 0 Å². The van der Waals surface area contributed by atoms with Crippen LogP contribution >= 0.6 is 0 Å². The fraction of sp³-hybridized carbons (Fsp3) is 0.125. The molecule has 1 aromatic heterocycles. The summed E-state index contributed by atoms with van der Waals surface area (Å²) in [5.41, 5.74) is 4.14. The lowest BCUT2D eigenvalue weighted by molar-refractivity contribution is -0.118. The van der Waals surface area contributed by atoms with Gasteiger partial charge >= 0.3 is 0 Å². The van der Waals surface area contributed by atoms with Crippen molar-refractivity contribution >= 4 is 28.2 Å². The van der Waals surface area contributed by atoms with Gasteiger partial charge in [0.1, 0.15) is 5.48 Å². The molecule has 0 spiro atoms. The van der Waals surface area contributed by atoms with Crippen molar-refractivity contribution in [3.63, 3.8) is 0 Å². The van der Waals surface area contributed by atoms with Gasteiger partial charge in [-0.1, -0.05) is 6.07 Å². The third kappa shape index (κ3) is 2.58. The summed E-state index contributed by atoms with van der Waals surface area (Å²) in [7, 11) is 0. The smallest absolute Gasteiger partial charge is 0.265 e. The third-order valence-electron chi connectivity index (χ3n) is 3.76. The van der Waals surface area contributed by atoms with Crippen LogP contribution < -0.4 is 10.7 Å². The van der Waals surface area contributed by atoms with Crippen molar-refractivity contribution in [3.05, 3.63) is 53.4 Å². The van der Waals surface area contributed by atoms with Crippen molar-refractivity contribution < 1.29 is 10.0 Å². The molecule has 0 radical (unpaired) electrons. The molecule has 114 valence electrons. The molecule has 0 saturated heterocycles. The highest BCUT2D eigenvalue weighted by atomic mass is 16.5. The number of imidazole rings is 1. The summed E-state index contributed by atoms with van der Waals surface area (Å²) in [4.78, 5) is 18.9. The number of rotatable bonds is 0. The van der Waals surface area contributed by atoms with Crippen molar-refractivity contribution in [1.82, 2.24) is 15.0 Å². The number of hydrogen-bond donors (Lipinski definition) is 2. The van der Waals surface area contributed by atoms with Gasteiger partial charge in [-0.15, -0.1) is 5.11 Å². The molecule has 0 bridgehead atoms. The standard InChI is InChI=1S/C16H13N5O2/c22-15-4-3-12(19-20-15)11-1-2-13-14(9-11)18-16(17-13)10-5-7-21(23)8-6-10/h1-2,5-9,18,23H,3-4H2. The quantitative estimate of drug-likeness (QED) is 0.767. The molecule has 2 aliphatic rings. The van der Waals surface area contributed by atoms with Gasteiger partial charge in [0.05, 0.1) is 16.7 Å². The Kier molecular flexibility index (Phi) is 3.13. The Hall–Kier alpha value is -3.06. The van der Waals surface area contributed by atoms with Crippen molar-refractivity contribution in [2.75, 3.05) is 0 Å². The van der Waals surface area contributed by atoms with Gasteiger partial charge in [0.25, 0.3) is 5.91 Å². The highest BCUT2D eigenvalue weighted by molar-refractivity contribution is 5.80. The van der Waals surface area contributed by atoms with Crippen LogP contribution in [0.4, 0.5) is 0 Å². The Balaban J connectivity index is 1.86. The number of carbonyl (C=O) groups excluding carboxylic acids is 1. The predicted octanol–water partition coefficient (Wildman–Crippen LogP) is 1.33. The van der Waals surface area contributed by atoms with Gasteiger partial charge in [0, 0.05) is 36.0 Å². The molecule has 1 amide bonds. The molecule has 4 rings (SSSR count). The number of benzene rings is 1. The average Bonchev–Trinajstić information content (AvgIpc) is 2.99. The van der Waals surface area contributed by atoms with Gasteiger partial charge in [-0.3, -0.25) is 10.0 Å². The van der Waals surface area contributed by atoms with Gasteiger partial charge in [-0.2, -0.15) is 5.11 Å². The lowest BCUT2D eigenvalue weighted by Crippen LogP contribution is -2.12. The fourth-order valence-corrected chi connectivity index (χ4v) is 2.55. The van der Waals surface area contributed by atoms with Crippen LogP contribution in [0, 0.1) is 0 Å². The second kappa shape index (κ2) is 5.29. The minimum absolute atomic E-state index is 0.177. The number of hydroxylamine groups is 2. The van der Waals surface area contributed by atoms with E-state index in [4.69, 9.17) is 0 Å². The number of hydrogen-bond acceptors (Lipinski definition) is 5. The zero-order valence-electron chi connectivity index (χ0n) is 12.1. The molecule has 0 aliphatic carbocycles. The SMILES string of the molecule is O=C1CCC(=c2ccc3nc(=C4C=CN(O)C=C4)[nH]c3c2)N=N1. The Morgan fingerprint density at radius 1 is 1.13 bits per heavy atom. The fourth-order valence-electron chi connectivity index (χ4n) is 2.55. The molecule has 7 nitrogen and oxygen atoms in total. The maximum absolute atomic E-state index is 11.1. The van der Waals surface area contributed by atoms with E-state index in [2.05, 4.69) is 20.2 Å². The largest absolute Gasteiger partial charge is 0.338 e. The lowest BCUT2D eigenvalue weighted by Gasteiger charge is -2.08. The first-order valence-electron chi connectivity index (χ1n) is 7.20. The first-order chi connectivity index (χ1) is 11.2. The normalized spacial score (nSPS) is 20.0. The van der Waals surface area contributed by atoms with Gasteiger partial charge in [-0.25, -0.2) is 10.0 Å². The Morgan fingerprint density at radius 2 is 1.96 bits per heavy atom. The topological polar surface area (TPSA) is 93.9 Å². The van der Waals surface area contributed by atoms with E-state index >= 15 is 0 Å². The summed E-state index contributed by atoms with van der Waals surface area (Å²) in [5, 5.41) is 18.8. The molecule has 0 atom stereocenters. The predicted molar refractivity (Wildman–Crippen MR) is 83.2 cm³/mol. The van der Waals surface area contributed by atoms with E-state index in [9.17, 15) is 10.0 Å². The van der Waals surface area contributed by atoms with Crippen LogP contribution in [-0.2, 0) is 4.79 Å². The first-order valence-corrected chi connectivity index (χ1v) is 7.20. The monoisotopic (exact) mass is 307 g/mol. The summed E-state index contributed by atoms with van der Waals surface area (Å²) < 4.78 is 0. The molecule has 2 N–H and O–H groups in total. The number of amides is 1. The van der Waals surface area contributed by atoms with E-state index in [-0.39, 0.29) is 5.91 Å². The summed E-state index contributed by atoms with van der Waals surface area (Å²) in [5.74, 6) is -0.177. The highest BCUT2D eigenvalue weighted by Gasteiger charge is 2.10. The Labute approximate surface area is 130 Å². The van der Waals surface area contributed by atoms with Crippen LogP contribution in [0.2, 0.25) is 0 Å². The number of nitrogens with one attached hydrogen (secondary N) is 1. The minimum Gasteiger partial charge on any atom is -0.338 e. The van der Waals surface area contributed by atoms with Crippen LogP contribution in [0.15, 0.2) is 53.0 Å². The molecule has 2 aromatic rings. The maximum Gasteiger partial charge on any atom is 0.265 e. The molecular weight excluding hydrogens is 294 g/mol. The Morgan fingerprint density at radius 3 is 2.70 bits per heavy atom. The van der Waals surface area contributed by atoms with Crippen LogP contribution in [0.1, 0.15) is 12.8 Å². The van der Waals surface area contributed by atoms with Gasteiger partial charge < -0.3 is 4.98 Å². The van der Waals surface area contributed by atoms with E-state index < -0.39 is 0 Å². The Bertz CT molecular complexity index is 997. The maximum atomic E-state index is 11.1. The zero-order valence-corrected chi connectivity index (χ0v) is 12.1. The number of carbonyl (C=O) groups is 1. The van der Waals surface area contributed by atoms with Crippen LogP contribution in [0.25, 0.3) is 22.3 Å². The molecule has 1 aromatic carbocycles. The molecular formula is C16H13N5O2. The molecule has 0 unspecified atom stereocenters. The average molecular weight is 307 g/mol. The van der Waals surface area contributed by atoms with Crippen molar-refractivity contribution in [2.24, 2.45) is 10.2 Å². The summed E-state index contributed by atoms with van der Waals surface area (Å²) in [6, 6.07) is 5.81.